The summed E-state index contributed by atoms with van der Waals surface area (Å²) in [7, 11) is 0. The van der Waals surface area contributed by atoms with Gasteiger partial charge in [-0.1, -0.05) is 23.9 Å². The maximum atomic E-state index is 11.4. The fourth-order valence-corrected chi connectivity index (χ4v) is 1.82. The number of amides is 1. The Hall–Kier alpha value is -1.34. The summed E-state index contributed by atoms with van der Waals surface area (Å²) in [6.45, 7) is 1.25. The Morgan fingerprint density at radius 3 is 2.50 bits per heavy atom. The van der Waals surface area contributed by atoms with Crippen molar-refractivity contribution in [3.8, 4) is 0 Å². The summed E-state index contributed by atoms with van der Waals surface area (Å²) >= 11 is 0.865. The lowest BCUT2D eigenvalue weighted by molar-refractivity contribution is -0.140. The number of carbonyl (C=O) groups excluding carboxylic acids is 2. The van der Waals surface area contributed by atoms with Crippen LogP contribution in [0.3, 0.4) is 0 Å². The number of rotatable bonds is 8. The Morgan fingerprint density at radius 2 is 2.00 bits per heavy atom. The number of thioether (sulfide) groups is 1. The predicted molar refractivity (Wildman–Crippen MR) is 68.2 cm³/mol. The van der Waals surface area contributed by atoms with E-state index in [1.54, 1.807) is 12.2 Å². The van der Waals surface area contributed by atoms with Crippen LogP contribution in [0.1, 0.15) is 19.8 Å². The molecule has 1 amide bonds. The molecule has 0 unspecified atom stereocenters. The predicted octanol–water partition coefficient (Wildman–Crippen LogP) is 0.164. The zero-order valence-electron chi connectivity index (χ0n) is 10.1. The van der Waals surface area contributed by atoms with E-state index in [9.17, 15) is 14.4 Å². The van der Waals surface area contributed by atoms with Crippen molar-refractivity contribution in [2.45, 2.75) is 25.8 Å². The standard InChI is InChI=1S/C11H17NO5S/c1-8(14)12-9(11(16)17)7-18-10(15)5-3-2-4-6-13/h2-3,9,13H,4-7H2,1H3,(H,12,14)(H,16,17)/b3-2-/t9-/m1/s1. The maximum Gasteiger partial charge on any atom is 0.327 e. The minimum Gasteiger partial charge on any atom is -0.480 e. The maximum absolute atomic E-state index is 11.4. The average molecular weight is 275 g/mol. The Balaban J connectivity index is 4.00. The van der Waals surface area contributed by atoms with Gasteiger partial charge in [0, 0.05) is 25.7 Å². The van der Waals surface area contributed by atoms with E-state index in [0.717, 1.165) is 11.8 Å². The van der Waals surface area contributed by atoms with E-state index in [1.807, 2.05) is 0 Å². The zero-order chi connectivity index (χ0) is 14.0. The van der Waals surface area contributed by atoms with Crippen LogP contribution in [0.5, 0.6) is 0 Å². The molecule has 1 atom stereocenters. The van der Waals surface area contributed by atoms with Crippen molar-refractivity contribution in [2.75, 3.05) is 12.4 Å². The number of carboxylic acid groups (broad SMARTS) is 1. The number of aliphatic carboxylic acids is 1. The van der Waals surface area contributed by atoms with Gasteiger partial charge >= 0.3 is 5.97 Å². The van der Waals surface area contributed by atoms with E-state index in [4.69, 9.17) is 10.2 Å². The van der Waals surface area contributed by atoms with Crippen LogP contribution in [0.4, 0.5) is 0 Å². The van der Waals surface area contributed by atoms with Crippen molar-refractivity contribution in [1.82, 2.24) is 5.32 Å². The first-order valence-corrected chi connectivity index (χ1v) is 6.37. The molecule has 0 aliphatic heterocycles. The Bertz CT molecular complexity index is 329. The van der Waals surface area contributed by atoms with Gasteiger partial charge in [0.2, 0.25) is 5.91 Å². The fourth-order valence-electron chi connectivity index (χ4n) is 1.03. The zero-order valence-corrected chi connectivity index (χ0v) is 10.9. The highest BCUT2D eigenvalue weighted by Gasteiger charge is 2.19. The molecule has 3 N–H and O–H groups in total. The van der Waals surface area contributed by atoms with Crippen LogP contribution in [0.25, 0.3) is 0 Å². The smallest absolute Gasteiger partial charge is 0.327 e. The number of carbonyl (C=O) groups is 3. The van der Waals surface area contributed by atoms with Gasteiger partial charge in [-0.15, -0.1) is 0 Å². The second kappa shape index (κ2) is 9.67. The molecule has 0 bridgehead atoms. The molecule has 102 valence electrons. The van der Waals surface area contributed by atoms with Gasteiger partial charge in [0.15, 0.2) is 5.12 Å². The monoisotopic (exact) mass is 275 g/mol. The fraction of sp³-hybridized carbons (Fsp3) is 0.545. The molecule has 6 nitrogen and oxygen atoms in total. The normalized spacial score (nSPS) is 12.3. The number of carboxylic acids is 1. The Morgan fingerprint density at radius 1 is 1.33 bits per heavy atom. The molecule has 0 aliphatic carbocycles. The molecule has 0 radical (unpaired) electrons. The molecular formula is C11H17NO5S. The summed E-state index contributed by atoms with van der Waals surface area (Å²) in [5, 5.41) is 19.4. The van der Waals surface area contributed by atoms with E-state index >= 15 is 0 Å². The molecule has 0 aliphatic rings. The van der Waals surface area contributed by atoms with Crippen molar-refractivity contribution in [1.29, 1.82) is 0 Å². The first kappa shape index (κ1) is 16.7. The van der Waals surface area contributed by atoms with Crippen LogP contribution >= 0.6 is 11.8 Å². The van der Waals surface area contributed by atoms with E-state index < -0.39 is 17.9 Å². The van der Waals surface area contributed by atoms with Crippen LogP contribution in [0.2, 0.25) is 0 Å². The van der Waals surface area contributed by atoms with Crippen LogP contribution in [0.15, 0.2) is 12.2 Å². The molecular weight excluding hydrogens is 258 g/mol. The van der Waals surface area contributed by atoms with Gasteiger partial charge < -0.3 is 15.5 Å². The van der Waals surface area contributed by atoms with Crippen molar-refractivity contribution in [2.24, 2.45) is 0 Å². The van der Waals surface area contributed by atoms with Gasteiger partial charge in [-0.2, -0.15) is 0 Å². The largest absolute Gasteiger partial charge is 0.480 e. The third-order valence-electron chi connectivity index (χ3n) is 1.83. The van der Waals surface area contributed by atoms with Gasteiger partial charge in [-0.05, 0) is 6.42 Å². The molecule has 0 fully saturated rings. The molecule has 0 saturated carbocycles. The van der Waals surface area contributed by atoms with Gasteiger partial charge in [0.05, 0.1) is 0 Å². The molecule has 0 heterocycles. The molecule has 18 heavy (non-hydrogen) atoms. The third-order valence-corrected chi connectivity index (χ3v) is 2.82. The second-order valence-electron chi connectivity index (χ2n) is 3.46. The van der Waals surface area contributed by atoms with E-state index in [2.05, 4.69) is 5.32 Å². The van der Waals surface area contributed by atoms with Crippen LogP contribution in [-0.4, -0.2) is 45.6 Å². The number of nitrogens with one attached hydrogen (secondary N) is 1. The third kappa shape index (κ3) is 8.77. The molecule has 0 saturated heterocycles. The van der Waals surface area contributed by atoms with Gasteiger partial charge in [-0.3, -0.25) is 9.59 Å². The lowest BCUT2D eigenvalue weighted by Crippen LogP contribution is -2.41. The lowest BCUT2D eigenvalue weighted by atomic mass is 10.3. The highest BCUT2D eigenvalue weighted by atomic mass is 32.2. The summed E-state index contributed by atoms with van der Waals surface area (Å²) in [4.78, 5) is 32.9. The SMILES string of the molecule is CC(=O)N[C@H](CSC(=O)C/C=C\CCO)C(=O)O. The van der Waals surface area contributed by atoms with Crippen LogP contribution in [0, 0.1) is 0 Å². The van der Waals surface area contributed by atoms with E-state index in [1.165, 1.54) is 6.92 Å². The van der Waals surface area contributed by atoms with Crippen LogP contribution < -0.4 is 5.32 Å². The summed E-state index contributed by atoms with van der Waals surface area (Å²) in [6, 6.07) is -1.06. The molecule has 0 rings (SSSR count). The van der Waals surface area contributed by atoms with E-state index in [0.29, 0.717) is 6.42 Å². The van der Waals surface area contributed by atoms with Gasteiger partial charge in [0.1, 0.15) is 6.04 Å². The number of aliphatic hydroxyl groups excluding tert-OH is 1. The quantitative estimate of drug-likeness (QED) is 0.545. The summed E-state index contributed by atoms with van der Waals surface area (Å²) in [6.07, 6.45) is 3.97. The Kier molecular flexibility index (Phi) is 8.95. The van der Waals surface area contributed by atoms with Crippen LogP contribution in [-0.2, 0) is 14.4 Å². The summed E-state index contributed by atoms with van der Waals surface area (Å²) in [5.41, 5.74) is 0. The second-order valence-corrected chi connectivity index (χ2v) is 4.54. The lowest BCUT2D eigenvalue weighted by Gasteiger charge is -2.11. The topological polar surface area (TPSA) is 104 Å². The summed E-state index contributed by atoms with van der Waals surface area (Å²) in [5.74, 6) is -1.61. The molecule has 0 aromatic carbocycles. The minimum atomic E-state index is -1.17. The van der Waals surface area contributed by atoms with Crippen molar-refractivity contribution in [3.63, 3.8) is 0 Å². The van der Waals surface area contributed by atoms with Gasteiger partial charge in [-0.25, -0.2) is 4.79 Å². The highest BCUT2D eigenvalue weighted by Crippen LogP contribution is 2.08. The molecule has 0 spiro atoms. The molecule has 7 heteroatoms. The number of hydrogen-bond donors (Lipinski definition) is 3. The minimum absolute atomic E-state index is 0.00157. The number of allylic oxidation sites excluding steroid dienone is 1. The highest BCUT2D eigenvalue weighted by molar-refractivity contribution is 8.13. The molecule has 0 aromatic heterocycles. The number of hydrogen-bond acceptors (Lipinski definition) is 5. The first-order chi connectivity index (χ1) is 8.47. The number of aliphatic hydroxyl groups is 1. The van der Waals surface area contributed by atoms with E-state index in [-0.39, 0.29) is 23.9 Å². The molecule has 0 aromatic rings. The van der Waals surface area contributed by atoms with Crippen molar-refractivity contribution < 1.29 is 24.6 Å². The summed E-state index contributed by atoms with van der Waals surface area (Å²) < 4.78 is 0. The van der Waals surface area contributed by atoms with Crippen molar-refractivity contribution in [3.05, 3.63) is 12.2 Å². The van der Waals surface area contributed by atoms with Crippen molar-refractivity contribution >= 4 is 28.8 Å². The average Bonchev–Trinajstić information content (AvgIpc) is 2.29. The Labute approximate surface area is 109 Å². The van der Waals surface area contributed by atoms with Gasteiger partial charge in [0.25, 0.3) is 0 Å². The first-order valence-electron chi connectivity index (χ1n) is 5.38.